The summed E-state index contributed by atoms with van der Waals surface area (Å²) in [4.78, 5) is 13.7. The maximum absolute atomic E-state index is 11.9. The highest BCUT2D eigenvalue weighted by atomic mass is 16.5. The monoisotopic (exact) mass is 214 g/mol. The van der Waals surface area contributed by atoms with Gasteiger partial charge in [0.1, 0.15) is 6.10 Å². The van der Waals surface area contributed by atoms with Crippen LogP contribution in [0, 0.1) is 0 Å². The Morgan fingerprint density at radius 1 is 1.40 bits per heavy atom. The van der Waals surface area contributed by atoms with Crippen LogP contribution in [0.4, 0.5) is 0 Å². The Morgan fingerprint density at radius 3 is 2.73 bits per heavy atom. The first-order valence-electron chi connectivity index (χ1n) is 5.56. The Balaban J connectivity index is 1.84. The lowest BCUT2D eigenvalue weighted by atomic mass is 10.1. The molecule has 0 aromatic rings. The maximum Gasteiger partial charge on any atom is 0.253 e. The number of carbonyl (C=O) groups excluding carboxylic acids is 1. The van der Waals surface area contributed by atoms with Gasteiger partial charge in [-0.2, -0.15) is 0 Å². The zero-order valence-corrected chi connectivity index (χ0v) is 8.82. The van der Waals surface area contributed by atoms with Crippen LogP contribution in [0.25, 0.3) is 0 Å². The molecule has 2 fully saturated rings. The summed E-state index contributed by atoms with van der Waals surface area (Å²) in [5, 5.41) is 12.5. The van der Waals surface area contributed by atoms with Gasteiger partial charge < -0.3 is 20.1 Å². The van der Waals surface area contributed by atoms with Gasteiger partial charge in [-0.05, 0) is 12.8 Å². The molecule has 0 spiro atoms. The van der Waals surface area contributed by atoms with Crippen molar-refractivity contribution in [3.63, 3.8) is 0 Å². The van der Waals surface area contributed by atoms with Crippen LogP contribution in [-0.4, -0.2) is 60.9 Å². The third-order valence-corrected chi connectivity index (χ3v) is 2.98. The maximum atomic E-state index is 11.9. The van der Waals surface area contributed by atoms with Gasteiger partial charge in [0.05, 0.1) is 12.7 Å². The Bertz CT molecular complexity index is 221. The Labute approximate surface area is 89.4 Å². The summed E-state index contributed by atoms with van der Waals surface area (Å²) in [6.45, 7) is 3.34. The van der Waals surface area contributed by atoms with Crippen molar-refractivity contribution >= 4 is 5.91 Å². The smallest absolute Gasteiger partial charge is 0.253 e. The van der Waals surface area contributed by atoms with E-state index < -0.39 is 0 Å². The fourth-order valence-electron chi connectivity index (χ4n) is 2.01. The zero-order valence-electron chi connectivity index (χ0n) is 8.82. The van der Waals surface area contributed by atoms with Gasteiger partial charge in [0.2, 0.25) is 0 Å². The zero-order chi connectivity index (χ0) is 10.7. The molecule has 1 atom stereocenters. The fraction of sp³-hybridized carbons (Fsp3) is 0.900. The fourth-order valence-corrected chi connectivity index (χ4v) is 2.01. The highest BCUT2D eigenvalue weighted by Gasteiger charge is 2.29. The number of morpholine rings is 1. The summed E-state index contributed by atoms with van der Waals surface area (Å²) in [5.41, 5.74) is 0. The molecule has 2 aliphatic heterocycles. The van der Waals surface area contributed by atoms with Crippen LogP contribution in [0.3, 0.4) is 0 Å². The molecule has 15 heavy (non-hydrogen) atoms. The molecule has 2 aliphatic rings. The highest BCUT2D eigenvalue weighted by Crippen LogP contribution is 2.12. The summed E-state index contributed by atoms with van der Waals surface area (Å²) in [7, 11) is 0. The molecule has 0 aliphatic carbocycles. The van der Waals surface area contributed by atoms with Crippen molar-refractivity contribution in [1.29, 1.82) is 0 Å². The molecule has 2 saturated heterocycles. The second-order valence-electron chi connectivity index (χ2n) is 4.12. The lowest BCUT2D eigenvalue weighted by molar-refractivity contribution is -0.147. The second kappa shape index (κ2) is 4.92. The quantitative estimate of drug-likeness (QED) is 0.585. The van der Waals surface area contributed by atoms with Gasteiger partial charge in [0.15, 0.2) is 0 Å². The van der Waals surface area contributed by atoms with Gasteiger partial charge in [0.25, 0.3) is 5.91 Å². The molecule has 5 heteroatoms. The van der Waals surface area contributed by atoms with Crippen molar-refractivity contribution in [1.82, 2.24) is 10.2 Å². The van der Waals surface area contributed by atoms with Crippen molar-refractivity contribution < 1.29 is 14.6 Å². The number of hydrogen-bond acceptors (Lipinski definition) is 4. The molecule has 0 aromatic carbocycles. The molecule has 86 valence electrons. The van der Waals surface area contributed by atoms with E-state index in [2.05, 4.69) is 5.32 Å². The van der Waals surface area contributed by atoms with E-state index in [-0.39, 0.29) is 18.1 Å². The molecule has 0 radical (unpaired) electrons. The van der Waals surface area contributed by atoms with Crippen molar-refractivity contribution in [3.05, 3.63) is 0 Å². The molecule has 0 bridgehead atoms. The van der Waals surface area contributed by atoms with E-state index in [1.807, 2.05) is 0 Å². The van der Waals surface area contributed by atoms with E-state index in [4.69, 9.17) is 4.74 Å². The highest BCUT2D eigenvalue weighted by molar-refractivity contribution is 5.81. The molecule has 5 nitrogen and oxygen atoms in total. The van der Waals surface area contributed by atoms with Crippen LogP contribution in [-0.2, 0) is 9.53 Å². The third-order valence-electron chi connectivity index (χ3n) is 2.98. The van der Waals surface area contributed by atoms with E-state index in [9.17, 15) is 9.90 Å². The van der Waals surface area contributed by atoms with Crippen LogP contribution < -0.4 is 5.32 Å². The topological polar surface area (TPSA) is 61.8 Å². The number of aliphatic hydroxyl groups is 1. The van der Waals surface area contributed by atoms with Gasteiger partial charge in [0, 0.05) is 26.2 Å². The van der Waals surface area contributed by atoms with Crippen LogP contribution in [0.5, 0.6) is 0 Å². The van der Waals surface area contributed by atoms with E-state index in [0.29, 0.717) is 39.1 Å². The van der Waals surface area contributed by atoms with Crippen molar-refractivity contribution in [3.8, 4) is 0 Å². The van der Waals surface area contributed by atoms with Gasteiger partial charge in [-0.1, -0.05) is 0 Å². The lowest BCUT2D eigenvalue weighted by Crippen LogP contribution is -2.51. The van der Waals surface area contributed by atoms with Crippen molar-refractivity contribution in [2.75, 3.05) is 32.8 Å². The predicted molar refractivity (Wildman–Crippen MR) is 54.4 cm³/mol. The van der Waals surface area contributed by atoms with Crippen LogP contribution >= 0.6 is 0 Å². The van der Waals surface area contributed by atoms with E-state index in [1.54, 1.807) is 4.90 Å². The molecule has 1 unspecified atom stereocenters. The summed E-state index contributed by atoms with van der Waals surface area (Å²) in [6.07, 6.45) is 0.811. The van der Waals surface area contributed by atoms with Gasteiger partial charge in [-0.3, -0.25) is 4.79 Å². The molecule has 2 rings (SSSR count). The van der Waals surface area contributed by atoms with Crippen LogP contribution in [0.15, 0.2) is 0 Å². The number of nitrogens with zero attached hydrogens (tertiary/aromatic N) is 1. The number of likely N-dealkylation sites (tertiary alicyclic amines) is 1. The largest absolute Gasteiger partial charge is 0.393 e. The van der Waals surface area contributed by atoms with Crippen LogP contribution in [0.1, 0.15) is 12.8 Å². The van der Waals surface area contributed by atoms with Gasteiger partial charge >= 0.3 is 0 Å². The van der Waals surface area contributed by atoms with E-state index in [1.165, 1.54) is 0 Å². The Hall–Kier alpha value is -0.650. The van der Waals surface area contributed by atoms with Gasteiger partial charge in [-0.15, -0.1) is 0 Å². The average molecular weight is 214 g/mol. The van der Waals surface area contributed by atoms with Crippen LogP contribution in [0.2, 0.25) is 0 Å². The first kappa shape index (κ1) is 10.9. The van der Waals surface area contributed by atoms with Crippen molar-refractivity contribution in [2.45, 2.75) is 25.0 Å². The molecule has 0 saturated carbocycles. The number of aliphatic hydroxyl groups excluding tert-OH is 1. The minimum atomic E-state index is -0.325. The number of hydrogen-bond donors (Lipinski definition) is 2. The minimum absolute atomic E-state index is 0.0640. The summed E-state index contributed by atoms with van der Waals surface area (Å²) in [6, 6.07) is 0. The summed E-state index contributed by atoms with van der Waals surface area (Å²) >= 11 is 0. The normalized spacial score (nSPS) is 29.1. The standard InChI is InChI=1S/C10H18N2O3/c13-8-1-4-12(5-2-8)10(14)9-7-11-3-6-15-9/h8-9,11,13H,1-7H2. The number of ether oxygens (including phenoxy) is 1. The number of piperidine rings is 1. The Morgan fingerprint density at radius 2 is 2.13 bits per heavy atom. The first-order chi connectivity index (χ1) is 7.27. The first-order valence-corrected chi connectivity index (χ1v) is 5.56. The summed E-state index contributed by atoms with van der Waals surface area (Å²) < 4.78 is 5.40. The summed E-state index contributed by atoms with van der Waals surface area (Å²) in [5.74, 6) is 0.0640. The molecular weight excluding hydrogens is 196 g/mol. The van der Waals surface area contributed by atoms with E-state index >= 15 is 0 Å². The molecule has 1 amide bonds. The number of carbonyl (C=O) groups is 1. The molecule has 2 heterocycles. The number of nitrogens with one attached hydrogen (secondary N) is 1. The number of rotatable bonds is 1. The predicted octanol–water partition coefficient (Wildman–Crippen LogP) is -1.04. The van der Waals surface area contributed by atoms with Crippen molar-refractivity contribution in [2.24, 2.45) is 0 Å². The second-order valence-corrected chi connectivity index (χ2v) is 4.12. The molecule has 2 N–H and O–H groups in total. The molecular formula is C10H18N2O3. The van der Waals surface area contributed by atoms with E-state index in [0.717, 1.165) is 6.54 Å². The SMILES string of the molecule is O=C(C1CNCCO1)N1CCC(O)CC1. The number of amides is 1. The molecule has 0 aromatic heterocycles. The third kappa shape index (κ3) is 2.68. The van der Waals surface area contributed by atoms with Gasteiger partial charge in [-0.25, -0.2) is 0 Å². The Kier molecular flexibility index (Phi) is 3.56. The minimum Gasteiger partial charge on any atom is -0.393 e. The lowest BCUT2D eigenvalue weighted by Gasteiger charge is -2.33. The average Bonchev–Trinajstić information content (AvgIpc) is 2.30.